The van der Waals surface area contributed by atoms with Crippen LogP contribution in [0.2, 0.25) is 0 Å². The lowest BCUT2D eigenvalue weighted by Crippen LogP contribution is -2.38. The minimum Gasteiger partial charge on any atom is -0.493 e. The van der Waals surface area contributed by atoms with Crippen molar-refractivity contribution in [2.75, 3.05) is 32.7 Å². The fourth-order valence-electron chi connectivity index (χ4n) is 3.91. The van der Waals surface area contributed by atoms with E-state index in [1.165, 1.54) is 11.3 Å². The van der Waals surface area contributed by atoms with E-state index >= 15 is 0 Å². The number of ether oxygens (including phenoxy) is 3. The van der Waals surface area contributed by atoms with Gasteiger partial charge in [-0.05, 0) is 61.9 Å². The number of hydrogen-bond acceptors (Lipinski definition) is 7. The minimum atomic E-state index is -0.597. The smallest absolute Gasteiger partial charge is 0.341 e. The van der Waals surface area contributed by atoms with Gasteiger partial charge in [0.15, 0.2) is 18.1 Å². The molecule has 1 aromatic heterocycles. The van der Waals surface area contributed by atoms with Crippen molar-refractivity contribution in [3.8, 4) is 11.5 Å². The number of nitrogens with one attached hydrogen (secondary N) is 1. The predicted molar refractivity (Wildman–Crippen MR) is 124 cm³/mol. The lowest BCUT2D eigenvalue weighted by Gasteiger charge is -2.29. The van der Waals surface area contributed by atoms with Crippen molar-refractivity contribution in [1.82, 2.24) is 4.90 Å². The predicted octanol–water partition coefficient (Wildman–Crippen LogP) is 3.47. The van der Waals surface area contributed by atoms with E-state index in [4.69, 9.17) is 14.2 Å². The number of aryl methyl sites for hydroxylation is 1. The molecule has 4 rings (SSSR count). The van der Waals surface area contributed by atoms with E-state index in [0.29, 0.717) is 41.6 Å². The van der Waals surface area contributed by atoms with Crippen LogP contribution in [0.25, 0.3) is 0 Å². The Hall–Kier alpha value is -3.07. The third-order valence-corrected chi connectivity index (χ3v) is 7.29. The molecule has 0 unspecified atom stereocenters. The lowest BCUT2D eigenvalue weighted by atomic mass is 9.99. The molecule has 33 heavy (non-hydrogen) atoms. The van der Waals surface area contributed by atoms with Crippen LogP contribution < -0.4 is 14.8 Å². The van der Waals surface area contributed by atoms with Gasteiger partial charge in [0.25, 0.3) is 5.91 Å². The molecule has 8 nitrogen and oxygen atoms in total. The summed E-state index contributed by atoms with van der Waals surface area (Å²) in [6.07, 6.45) is 2.43. The zero-order chi connectivity index (χ0) is 23.7. The van der Waals surface area contributed by atoms with Crippen LogP contribution in [0.5, 0.6) is 11.5 Å². The van der Waals surface area contributed by atoms with Crippen molar-refractivity contribution in [3.63, 3.8) is 0 Å². The molecule has 1 aromatic carbocycles. The number of carbonyl (C=O) groups excluding carboxylic acids is 3. The molecule has 9 heteroatoms. The van der Waals surface area contributed by atoms with Gasteiger partial charge < -0.3 is 24.4 Å². The first-order valence-electron chi connectivity index (χ1n) is 10.9. The normalized spacial score (nSPS) is 15.0. The fourth-order valence-corrected chi connectivity index (χ4v) is 4.96. The van der Waals surface area contributed by atoms with Crippen LogP contribution in [0.4, 0.5) is 5.00 Å². The number of esters is 1. The number of methoxy groups -OCH3 is 2. The van der Waals surface area contributed by atoms with E-state index in [0.717, 1.165) is 34.4 Å². The SMILES string of the molecule is COc1cc2c(cc1OC)CN(C(=O)COC(=O)c1c(NC(=O)C3CC3)sc(C)c1C)CC2. The molecule has 1 saturated carbocycles. The second-order valence-electron chi connectivity index (χ2n) is 8.37. The van der Waals surface area contributed by atoms with Gasteiger partial charge in [-0.25, -0.2) is 4.79 Å². The van der Waals surface area contributed by atoms with Crippen molar-refractivity contribution >= 4 is 34.1 Å². The number of benzene rings is 1. The Balaban J connectivity index is 1.40. The number of fused-ring (bicyclic) bond motifs is 1. The van der Waals surface area contributed by atoms with E-state index in [2.05, 4.69) is 5.32 Å². The molecule has 1 aliphatic heterocycles. The zero-order valence-electron chi connectivity index (χ0n) is 19.3. The van der Waals surface area contributed by atoms with Crippen LogP contribution in [-0.2, 0) is 27.3 Å². The highest BCUT2D eigenvalue weighted by atomic mass is 32.1. The molecule has 2 amide bonds. The van der Waals surface area contributed by atoms with Crippen LogP contribution in [0.3, 0.4) is 0 Å². The standard InChI is InChI=1S/C24H28N2O6S/c1-13-14(2)33-23(25-22(28)15-5-6-15)21(13)24(29)32-12-20(27)26-8-7-16-9-18(30-3)19(31-4)10-17(16)11-26/h9-10,15H,5-8,11-12H2,1-4H3,(H,25,28). The molecule has 1 aliphatic carbocycles. The van der Waals surface area contributed by atoms with Crippen LogP contribution in [-0.4, -0.2) is 50.1 Å². The quantitative estimate of drug-likeness (QED) is 0.620. The van der Waals surface area contributed by atoms with Crippen molar-refractivity contribution in [2.24, 2.45) is 5.92 Å². The highest BCUT2D eigenvalue weighted by molar-refractivity contribution is 7.16. The van der Waals surface area contributed by atoms with Gasteiger partial charge in [0.05, 0.1) is 19.8 Å². The van der Waals surface area contributed by atoms with E-state index in [-0.39, 0.29) is 24.3 Å². The maximum atomic E-state index is 12.8. The molecule has 0 spiro atoms. The van der Waals surface area contributed by atoms with Gasteiger partial charge in [-0.1, -0.05) is 0 Å². The van der Waals surface area contributed by atoms with Crippen LogP contribution in [0.15, 0.2) is 12.1 Å². The molecule has 176 valence electrons. The van der Waals surface area contributed by atoms with E-state index in [1.807, 2.05) is 26.0 Å². The summed E-state index contributed by atoms with van der Waals surface area (Å²) in [6.45, 7) is 4.29. The zero-order valence-corrected chi connectivity index (χ0v) is 20.1. The number of nitrogens with zero attached hydrogens (tertiary/aromatic N) is 1. The summed E-state index contributed by atoms with van der Waals surface area (Å²) in [5.41, 5.74) is 3.18. The average Bonchev–Trinajstić information content (AvgIpc) is 3.62. The first kappa shape index (κ1) is 23.1. The van der Waals surface area contributed by atoms with Crippen LogP contribution in [0, 0.1) is 19.8 Å². The highest BCUT2D eigenvalue weighted by Crippen LogP contribution is 2.36. The summed E-state index contributed by atoms with van der Waals surface area (Å²) in [7, 11) is 3.17. The number of rotatable bonds is 7. The third-order valence-electron chi connectivity index (χ3n) is 6.17. The van der Waals surface area contributed by atoms with Gasteiger partial charge >= 0.3 is 5.97 Å². The van der Waals surface area contributed by atoms with E-state index < -0.39 is 5.97 Å². The molecule has 1 N–H and O–H groups in total. The summed E-state index contributed by atoms with van der Waals surface area (Å²) >= 11 is 1.35. The lowest BCUT2D eigenvalue weighted by molar-refractivity contribution is -0.135. The van der Waals surface area contributed by atoms with E-state index in [9.17, 15) is 14.4 Å². The number of hydrogen-bond donors (Lipinski definition) is 1. The molecule has 0 atom stereocenters. The van der Waals surface area contributed by atoms with Crippen molar-refractivity contribution in [3.05, 3.63) is 39.3 Å². The summed E-state index contributed by atoms with van der Waals surface area (Å²) in [6, 6.07) is 3.82. The molecule has 0 saturated heterocycles. The first-order valence-corrected chi connectivity index (χ1v) is 11.7. The number of carbonyl (C=O) groups is 3. The third kappa shape index (κ3) is 4.83. The highest BCUT2D eigenvalue weighted by Gasteiger charge is 2.32. The second kappa shape index (κ2) is 9.43. The molecule has 0 radical (unpaired) electrons. The molecule has 2 heterocycles. The Morgan fingerprint density at radius 3 is 2.39 bits per heavy atom. The number of thiophene rings is 1. The fraction of sp³-hybridized carbons (Fsp3) is 0.458. The van der Waals surface area contributed by atoms with Gasteiger partial charge in [0.1, 0.15) is 5.00 Å². The monoisotopic (exact) mass is 472 g/mol. The Labute approximate surface area is 196 Å². The van der Waals surface area contributed by atoms with Crippen molar-refractivity contribution in [1.29, 1.82) is 0 Å². The molecule has 0 bridgehead atoms. The molecular formula is C24H28N2O6S. The van der Waals surface area contributed by atoms with Gasteiger partial charge in [-0.2, -0.15) is 0 Å². The second-order valence-corrected chi connectivity index (χ2v) is 9.59. The Morgan fingerprint density at radius 1 is 1.09 bits per heavy atom. The molecule has 2 aliphatic rings. The Kier molecular flexibility index (Phi) is 6.60. The first-order chi connectivity index (χ1) is 15.8. The summed E-state index contributed by atoms with van der Waals surface area (Å²) in [5, 5.41) is 3.35. The van der Waals surface area contributed by atoms with Gasteiger partial charge in [0, 0.05) is 23.9 Å². The van der Waals surface area contributed by atoms with Gasteiger partial charge in [-0.15, -0.1) is 11.3 Å². The average molecular weight is 473 g/mol. The van der Waals surface area contributed by atoms with Crippen molar-refractivity contribution in [2.45, 2.75) is 39.7 Å². The molecule has 1 fully saturated rings. The van der Waals surface area contributed by atoms with Crippen LogP contribution in [0.1, 0.15) is 44.8 Å². The van der Waals surface area contributed by atoms with Gasteiger partial charge in [-0.3, -0.25) is 9.59 Å². The summed E-state index contributed by atoms with van der Waals surface area (Å²) < 4.78 is 16.1. The largest absolute Gasteiger partial charge is 0.493 e. The van der Waals surface area contributed by atoms with Gasteiger partial charge in [0.2, 0.25) is 5.91 Å². The number of anilines is 1. The topological polar surface area (TPSA) is 94.2 Å². The number of amides is 2. The molecular weight excluding hydrogens is 444 g/mol. The summed E-state index contributed by atoms with van der Waals surface area (Å²) in [4.78, 5) is 40.4. The minimum absolute atomic E-state index is 0.0266. The maximum Gasteiger partial charge on any atom is 0.341 e. The van der Waals surface area contributed by atoms with E-state index in [1.54, 1.807) is 19.1 Å². The van der Waals surface area contributed by atoms with Crippen molar-refractivity contribution < 1.29 is 28.6 Å². The maximum absolute atomic E-state index is 12.8. The summed E-state index contributed by atoms with van der Waals surface area (Å²) in [5.74, 6) is 0.369. The van der Waals surface area contributed by atoms with Crippen LogP contribution >= 0.6 is 11.3 Å². The Bertz CT molecular complexity index is 1100. The Morgan fingerprint density at radius 2 is 1.76 bits per heavy atom. The molecule has 2 aromatic rings.